The summed E-state index contributed by atoms with van der Waals surface area (Å²) in [6, 6.07) is 13.6. The van der Waals surface area contributed by atoms with E-state index in [0.29, 0.717) is 18.0 Å². The van der Waals surface area contributed by atoms with Crippen molar-refractivity contribution < 1.29 is 19.4 Å². The van der Waals surface area contributed by atoms with Crippen LogP contribution in [0, 0.1) is 11.3 Å². The first-order valence-corrected chi connectivity index (χ1v) is 7.49. The summed E-state index contributed by atoms with van der Waals surface area (Å²) in [6.45, 7) is 0.614. The number of amides is 1. The zero-order chi connectivity index (χ0) is 17.6. The monoisotopic (exact) mass is 337 g/mol. The average Bonchev–Trinajstić information content (AvgIpc) is 3.08. The summed E-state index contributed by atoms with van der Waals surface area (Å²) in [5.41, 5.74) is 1.05. The van der Waals surface area contributed by atoms with Gasteiger partial charge in [0.05, 0.1) is 5.69 Å². The first-order chi connectivity index (χ1) is 12.2. The van der Waals surface area contributed by atoms with Crippen LogP contribution in [0.1, 0.15) is 5.56 Å². The molecular weight excluding hydrogens is 322 g/mol. The van der Waals surface area contributed by atoms with Gasteiger partial charge in [-0.2, -0.15) is 5.26 Å². The fourth-order valence-corrected chi connectivity index (χ4v) is 2.24. The van der Waals surface area contributed by atoms with Gasteiger partial charge in [0.1, 0.15) is 17.4 Å². The van der Waals surface area contributed by atoms with Crippen molar-refractivity contribution in [2.24, 2.45) is 0 Å². The molecule has 25 heavy (non-hydrogen) atoms. The molecule has 1 aliphatic heterocycles. The topological polar surface area (TPSA) is 104 Å². The number of nitriles is 1. The largest absolute Gasteiger partial charge is 0.506 e. The van der Waals surface area contributed by atoms with Crippen LogP contribution in [-0.2, 0) is 11.3 Å². The van der Waals surface area contributed by atoms with Gasteiger partial charge in [0, 0.05) is 12.7 Å². The summed E-state index contributed by atoms with van der Waals surface area (Å²) < 4.78 is 10.5. The van der Waals surface area contributed by atoms with Crippen LogP contribution in [0.5, 0.6) is 17.2 Å². The van der Waals surface area contributed by atoms with Gasteiger partial charge in [-0.3, -0.25) is 4.79 Å². The molecule has 1 aliphatic rings. The summed E-state index contributed by atoms with van der Waals surface area (Å²) in [4.78, 5) is 12.1. The number of aromatic hydroxyl groups is 1. The number of anilines is 1. The molecule has 7 nitrogen and oxygen atoms in total. The minimum atomic E-state index is -0.609. The summed E-state index contributed by atoms with van der Waals surface area (Å²) in [7, 11) is 0. The zero-order valence-electron chi connectivity index (χ0n) is 13.2. The molecule has 1 heterocycles. The van der Waals surface area contributed by atoms with Gasteiger partial charge in [-0.1, -0.05) is 18.2 Å². The minimum absolute atomic E-state index is 0.0681. The lowest BCUT2D eigenvalue weighted by molar-refractivity contribution is -0.112. The maximum atomic E-state index is 12.1. The van der Waals surface area contributed by atoms with Crippen LogP contribution in [0.3, 0.4) is 0 Å². The van der Waals surface area contributed by atoms with Crippen molar-refractivity contribution in [1.29, 1.82) is 5.26 Å². The van der Waals surface area contributed by atoms with Crippen LogP contribution in [0.25, 0.3) is 0 Å². The predicted molar refractivity (Wildman–Crippen MR) is 89.8 cm³/mol. The zero-order valence-corrected chi connectivity index (χ0v) is 13.2. The van der Waals surface area contributed by atoms with Crippen LogP contribution >= 0.6 is 0 Å². The standard InChI is InChI=1S/C18H15N3O4/c19-8-13(18(23)21-14-3-1-2-4-15(14)22)10-20-9-12-5-6-16-17(7-12)25-11-24-16/h1-7,10,20,22H,9,11H2,(H,21,23)/b13-10-. The molecule has 2 aromatic carbocycles. The lowest BCUT2D eigenvalue weighted by atomic mass is 10.2. The molecule has 0 spiro atoms. The number of ether oxygens (including phenoxy) is 2. The molecule has 0 unspecified atom stereocenters. The number of hydrogen-bond donors (Lipinski definition) is 3. The predicted octanol–water partition coefficient (Wildman–Crippen LogP) is 2.26. The third kappa shape index (κ3) is 3.82. The van der Waals surface area contributed by atoms with E-state index in [0.717, 1.165) is 5.56 Å². The van der Waals surface area contributed by atoms with Crippen LogP contribution < -0.4 is 20.1 Å². The van der Waals surface area contributed by atoms with Crippen molar-refractivity contribution in [2.45, 2.75) is 6.54 Å². The molecule has 126 valence electrons. The van der Waals surface area contributed by atoms with E-state index in [2.05, 4.69) is 10.6 Å². The molecule has 0 saturated heterocycles. The Bertz CT molecular complexity index is 871. The van der Waals surface area contributed by atoms with E-state index < -0.39 is 5.91 Å². The molecule has 7 heteroatoms. The van der Waals surface area contributed by atoms with Crippen LogP contribution in [0.2, 0.25) is 0 Å². The van der Waals surface area contributed by atoms with Gasteiger partial charge in [-0.25, -0.2) is 0 Å². The fraction of sp³-hybridized carbons (Fsp3) is 0.111. The molecule has 0 atom stereocenters. The third-order valence-electron chi connectivity index (χ3n) is 3.51. The van der Waals surface area contributed by atoms with Crippen molar-refractivity contribution in [1.82, 2.24) is 5.32 Å². The Morgan fingerprint density at radius 2 is 2.04 bits per heavy atom. The van der Waals surface area contributed by atoms with Crippen LogP contribution in [0.4, 0.5) is 5.69 Å². The number of nitrogens with zero attached hydrogens (tertiary/aromatic N) is 1. The maximum absolute atomic E-state index is 12.1. The first-order valence-electron chi connectivity index (χ1n) is 7.49. The van der Waals surface area contributed by atoms with Crippen molar-refractivity contribution in [3.05, 3.63) is 59.8 Å². The van der Waals surface area contributed by atoms with E-state index in [1.54, 1.807) is 24.3 Å². The van der Waals surface area contributed by atoms with Crippen molar-refractivity contribution in [3.8, 4) is 23.3 Å². The van der Waals surface area contributed by atoms with Gasteiger partial charge in [-0.15, -0.1) is 0 Å². The second kappa shape index (κ2) is 7.27. The number of nitrogens with one attached hydrogen (secondary N) is 2. The molecular formula is C18H15N3O4. The molecule has 0 radical (unpaired) electrons. The van der Waals surface area contributed by atoms with Gasteiger partial charge in [0.2, 0.25) is 6.79 Å². The molecule has 0 aliphatic carbocycles. The SMILES string of the molecule is N#C/C(=C/NCc1ccc2c(c1)OCO2)C(=O)Nc1ccccc1O. The normalized spacial score (nSPS) is 12.4. The molecule has 3 N–H and O–H groups in total. The van der Waals surface area contributed by atoms with E-state index in [4.69, 9.17) is 14.7 Å². The molecule has 1 amide bonds. The van der Waals surface area contributed by atoms with Crippen LogP contribution in [-0.4, -0.2) is 17.8 Å². The third-order valence-corrected chi connectivity index (χ3v) is 3.51. The Kier molecular flexibility index (Phi) is 4.72. The summed E-state index contributed by atoms with van der Waals surface area (Å²) in [5, 5.41) is 24.2. The van der Waals surface area contributed by atoms with Crippen molar-refractivity contribution >= 4 is 11.6 Å². The van der Waals surface area contributed by atoms with E-state index >= 15 is 0 Å². The minimum Gasteiger partial charge on any atom is -0.506 e. The Hall–Kier alpha value is -3.66. The van der Waals surface area contributed by atoms with Crippen LogP contribution in [0.15, 0.2) is 54.2 Å². The number of hydrogen-bond acceptors (Lipinski definition) is 6. The van der Waals surface area contributed by atoms with Crippen molar-refractivity contribution in [3.63, 3.8) is 0 Å². The highest BCUT2D eigenvalue weighted by molar-refractivity contribution is 6.07. The van der Waals surface area contributed by atoms with Gasteiger partial charge in [0.15, 0.2) is 11.5 Å². The number of para-hydroxylation sites is 2. The van der Waals surface area contributed by atoms with E-state index in [1.165, 1.54) is 12.3 Å². The van der Waals surface area contributed by atoms with Gasteiger partial charge >= 0.3 is 0 Å². The molecule has 0 saturated carbocycles. The van der Waals surface area contributed by atoms with E-state index in [1.807, 2.05) is 18.2 Å². The number of phenolic OH excluding ortho intramolecular Hbond substituents is 1. The highest BCUT2D eigenvalue weighted by Gasteiger charge is 2.13. The molecule has 2 aromatic rings. The summed E-state index contributed by atoms with van der Waals surface area (Å²) >= 11 is 0. The van der Waals surface area contributed by atoms with Gasteiger partial charge in [0.25, 0.3) is 5.91 Å². The summed E-state index contributed by atoms with van der Waals surface area (Å²) in [6.07, 6.45) is 1.33. The second-order valence-corrected chi connectivity index (χ2v) is 5.21. The highest BCUT2D eigenvalue weighted by atomic mass is 16.7. The quantitative estimate of drug-likeness (QED) is 0.439. The lowest BCUT2D eigenvalue weighted by Crippen LogP contribution is -2.16. The number of fused-ring (bicyclic) bond motifs is 1. The Balaban J connectivity index is 1.62. The highest BCUT2D eigenvalue weighted by Crippen LogP contribution is 2.32. The number of benzene rings is 2. The number of carbonyl (C=O) groups is 1. The van der Waals surface area contributed by atoms with Crippen molar-refractivity contribution in [2.75, 3.05) is 12.1 Å². The Labute approximate surface area is 144 Å². The smallest absolute Gasteiger partial charge is 0.267 e. The molecule has 0 aromatic heterocycles. The molecule has 0 fully saturated rings. The van der Waals surface area contributed by atoms with E-state index in [9.17, 15) is 9.90 Å². The summed E-state index contributed by atoms with van der Waals surface area (Å²) in [5.74, 6) is 0.684. The van der Waals surface area contributed by atoms with Gasteiger partial charge < -0.3 is 25.2 Å². The van der Waals surface area contributed by atoms with E-state index in [-0.39, 0.29) is 23.8 Å². The second-order valence-electron chi connectivity index (χ2n) is 5.21. The first kappa shape index (κ1) is 16.2. The van der Waals surface area contributed by atoms with Gasteiger partial charge in [-0.05, 0) is 29.8 Å². The maximum Gasteiger partial charge on any atom is 0.267 e. The molecule has 3 rings (SSSR count). The lowest BCUT2D eigenvalue weighted by Gasteiger charge is -2.07. The molecule has 0 bridgehead atoms. The number of phenols is 1. The fourth-order valence-electron chi connectivity index (χ4n) is 2.24. The Morgan fingerprint density at radius 3 is 2.84 bits per heavy atom. The number of carbonyl (C=O) groups excluding carboxylic acids is 1. The number of rotatable bonds is 5. The average molecular weight is 337 g/mol. The Morgan fingerprint density at radius 1 is 1.24 bits per heavy atom.